The lowest BCUT2D eigenvalue weighted by Gasteiger charge is -2.10. The maximum Gasteiger partial charge on any atom is 0.138 e. The van der Waals surface area contributed by atoms with Crippen LogP contribution in [0.3, 0.4) is 0 Å². The largest absolute Gasteiger partial charge is 0.340 e. The van der Waals surface area contributed by atoms with E-state index in [1.807, 2.05) is 31.2 Å². The minimum Gasteiger partial charge on any atom is -0.340 e. The van der Waals surface area contributed by atoms with Gasteiger partial charge in [0, 0.05) is 27.1 Å². The van der Waals surface area contributed by atoms with Gasteiger partial charge in [0.05, 0.1) is 0 Å². The number of nitrogens with zero attached hydrogens (tertiary/aromatic N) is 1. The maximum absolute atomic E-state index is 13.8. The van der Waals surface area contributed by atoms with E-state index >= 15 is 0 Å². The van der Waals surface area contributed by atoms with E-state index in [9.17, 15) is 4.39 Å². The molecule has 0 atom stereocenters. The molecule has 20 heavy (non-hydrogen) atoms. The van der Waals surface area contributed by atoms with Gasteiger partial charge in [0.15, 0.2) is 0 Å². The second kappa shape index (κ2) is 5.21. The van der Waals surface area contributed by atoms with Gasteiger partial charge in [-0.15, -0.1) is 0 Å². The highest BCUT2D eigenvalue weighted by atomic mass is 79.9. The Morgan fingerprint density at radius 2 is 1.95 bits per heavy atom. The summed E-state index contributed by atoms with van der Waals surface area (Å²) in [4.78, 5) is 4.30. The number of nitrogens with one attached hydrogen (secondary N) is 1. The molecule has 0 saturated carbocycles. The fourth-order valence-electron chi connectivity index (χ4n) is 2.08. The van der Waals surface area contributed by atoms with Crippen molar-refractivity contribution in [3.05, 3.63) is 64.5 Å². The Kier molecular flexibility index (Phi) is 3.40. The lowest BCUT2D eigenvalue weighted by atomic mass is 10.1. The van der Waals surface area contributed by atoms with Gasteiger partial charge in [0.2, 0.25) is 0 Å². The van der Waals surface area contributed by atoms with Gasteiger partial charge in [-0.05, 0) is 36.8 Å². The topological polar surface area (TPSA) is 24.9 Å². The molecule has 4 heteroatoms. The zero-order chi connectivity index (χ0) is 14.1. The molecule has 0 amide bonds. The van der Waals surface area contributed by atoms with Crippen molar-refractivity contribution in [3.63, 3.8) is 0 Å². The molecule has 3 aromatic rings. The van der Waals surface area contributed by atoms with Gasteiger partial charge in [-0.25, -0.2) is 9.37 Å². The maximum atomic E-state index is 13.8. The molecule has 0 aliphatic heterocycles. The molecule has 0 radical (unpaired) electrons. The summed E-state index contributed by atoms with van der Waals surface area (Å²) < 4.78 is 14.8. The highest BCUT2D eigenvalue weighted by molar-refractivity contribution is 9.10. The molecule has 2 aromatic carbocycles. The van der Waals surface area contributed by atoms with E-state index < -0.39 is 0 Å². The van der Waals surface area contributed by atoms with Crippen molar-refractivity contribution in [3.8, 4) is 0 Å². The molecule has 2 nitrogen and oxygen atoms in total. The van der Waals surface area contributed by atoms with Crippen molar-refractivity contribution in [1.82, 2.24) is 4.98 Å². The highest BCUT2D eigenvalue weighted by Crippen LogP contribution is 2.28. The van der Waals surface area contributed by atoms with Crippen LogP contribution in [0.15, 0.2) is 53.1 Å². The van der Waals surface area contributed by atoms with Crippen molar-refractivity contribution in [2.45, 2.75) is 6.92 Å². The van der Waals surface area contributed by atoms with Gasteiger partial charge >= 0.3 is 0 Å². The minimum atomic E-state index is -0.238. The number of pyridine rings is 1. The summed E-state index contributed by atoms with van der Waals surface area (Å²) in [5.41, 5.74) is 2.07. The third kappa shape index (κ3) is 2.39. The van der Waals surface area contributed by atoms with Crippen molar-refractivity contribution in [2.24, 2.45) is 0 Å². The molecule has 100 valence electrons. The van der Waals surface area contributed by atoms with Crippen molar-refractivity contribution in [2.75, 3.05) is 5.32 Å². The number of anilines is 2. The van der Waals surface area contributed by atoms with Gasteiger partial charge in [0.25, 0.3) is 0 Å². The smallest absolute Gasteiger partial charge is 0.138 e. The molecule has 1 aromatic heterocycles. The second-order valence-corrected chi connectivity index (χ2v) is 5.44. The molecule has 0 unspecified atom stereocenters. The van der Waals surface area contributed by atoms with Crippen LogP contribution in [0.2, 0.25) is 0 Å². The molecule has 0 saturated heterocycles. The van der Waals surface area contributed by atoms with E-state index in [2.05, 4.69) is 26.2 Å². The summed E-state index contributed by atoms with van der Waals surface area (Å²) in [6, 6.07) is 12.6. The summed E-state index contributed by atoms with van der Waals surface area (Å²) in [5.74, 6) is 0.413. The van der Waals surface area contributed by atoms with E-state index in [4.69, 9.17) is 0 Å². The van der Waals surface area contributed by atoms with Crippen molar-refractivity contribution in [1.29, 1.82) is 0 Å². The number of hydrogen-bond acceptors (Lipinski definition) is 2. The van der Waals surface area contributed by atoms with E-state index in [1.165, 1.54) is 6.07 Å². The molecule has 3 rings (SSSR count). The average Bonchev–Trinajstić information content (AvgIpc) is 2.44. The van der Waals surface area contributed by atoms with Crippen molar-refractivity contribution >= 4 is 38.2 Å². The zero-order valence-corrected chi connectivity index (χ0v) is 12.4. The fraction of sp³-hybridized carbons (Fsp3) is 0.0625. The number of hydrogen-bond donors (Lipinski definition) is 1. The van der Waals surface area contributed by atoms with Gasteiger partial charge in [0.1, 0.15) is 11.6 Å². The first-order valence-electron chi connectivity index (χ1n) is 6.21. The predicted molar refractivity (Wildman–Crippen MR) is 83.9 cm³/mol. The second-order valence-electron chi connectivity index (χ2n) is 4.58. The molecular formula is C16H12BrFN2. The summed E-state index contributed by atoms with van der Waals surface area (Å²) in [6.07, 6.45) is 1.61. The van der Waals surface area contributed by atoms with Gasteiger partial charge < -0.3 is 5.32 Å². The number of halogens is 2. The van der Waals surface area contributed by atoms with Gasteiger partial charge in [-0.3, -0.25) is 0 Å². The Labute approximate surface area is 124 Å². The number of aryl methyl sites for hydroxylation is 1. The van der Waals surface area contributed by atoms with Crippen LogP contribution in [0.4, 0.5) is 15.9 Å². The van der Waals surface area contributed by atoms with Crippen LogP contribution in [0.25, 0.3) is 10.8 Å². The van der Waals surface area contributed by atoms with Crippen LogP contribution in [0.1, 0.15) is 5.56 Å². The molecular weight excluding hydrogens is 319 g/mol. The molecule has 0 spiro atoms. The standard InChI is InChI=1S/C16H12BrFN2/c1-10-5-6-11(9-14(10)17)20-16-13-3-2-4-15(18)12(13)7-8-19-16/h2-9H,1H3,(H,19,20). The van der Waals surface area contributed by atoms with Crippen molar-refractivity contribution < 1.29 is 4.39 Å². The van der Waals surface area contributed by atoms with Crippen LogP contribution in [0, 0.1) is 12.7 Å². The molecule has 0 bridgehead atoms. The first-order chi connectivity index (χ1) is 9.65. The first kappa shape index (κ1) is 13.1. The van der Waals surface area contributed by atoms with Crippen LogP contribution in [-0.4, -0.2) is 4.98 Å². The summed E-state index contributed by atoms with van der Waals surface area (Å²) in [7, 11) is 0. The van der Waals surface area contributed by atoms with E-state index in [1.54, 1.807) is 18.3 Å². The first-order valence-corrected chi connectivity index (χ1v) is 7.01. The zero-order valence-electron chi connectivity index (χ0n) is 10.8. The lowest BCUT2D eigenvalue weighted by Crippen LogP contribution is -1.95. The van der Waals surface area contributed by atoms with Crippen LogP contribution in [-0.2, 0) is 0 Å². The Bertz CT molecular complexity index is 787. The van der Waals surface area contributed by atoms with E-state index in [-0.39, 0.29) is 5.82 Å². The quantitative estimate of drug-likeness (QED) is 0.699. The Hall–Kier alpha value is -1.94. The monoisotopic (exact) mass is 330 g/mol. The Morgan fingerprint density at radius 3 is 2.75 bits per heavy atom. The SMILES string of the molecule is Cc1ccc(Nc2nccc3c(F)cccc23)cc1Br. The Morgan fingerprint density at radius 1 is 1.10 bits per heavy atom. The lowest BCUT2D eigenvalue weighted by molar-refractivity contribution is 0.640. The average molecular weight is 331 g/mol. The molecule has 0 aliphatic rings. The molecule has 1 N–H and O–H groups in total. The number of aromatic nitrogens is 1. The number of fused-ring (bicyclic) bond motifs is 1. The third-order valence-corrected chi connectivity index (χ3v) is 4.04. The van der Waals surface area contributed by atoms with Gasteiger partial charge in [-0.1, -0.05) is 34.1 Å². The molecule has 0 aliphatic carbocycles. The molecule has 0 fully saturated rings. The summed E-state index contributed by atoms with van der Waals surface area (Å²) >= 11 is 3.50. The van der Waals surface area contributed by atoms with E-state index in [0.29, 0.717) is 11.2 Å². The number of rotatable bonds is 2. The van der Waals surface area contributed by atoms with Gasteiger partial charge in [-0.2, -0.15) is 0 Å². The van der Waals surface area contributed by atoms with Crippen LogP contribution < -0.4 is 5.32 Å². The van der Waals surface area contributed by atoms with Crippen LogP contribution >= 0.6 is 15.9 Å². The summed E-state index contributed by atoms with van der Waals surface area (Å²) in [5, 5.41) is 4.57. The summed E-state index contributed by atoms with van der Waals surface area (Å²) in [6.45, 7) is 2.03. The fourth-order valence-corrected chi connectivity index (χ4v) is 2.45. The predicted octanol–water partition coefficient (Wildman–Crippen LogP) is 5.19. The number of benzene rings is 2. The van der Waals surface area contributed by atoms with Crippen LogP contribution in [0.5, 0.6) is 0 Å². The Balaban J connectivity index is 2.06. The highest BCUT2D eigenvalue weighted by Gasteiger charge is 2.06. The van der Waals surface area contributed by atoms with E-state index in [0.717, 1.165) is 21.1 Å². The normalized spacial score (nSPS) is 10.8. The molecule has 1 heterocycles. The third-order valence-electron chi connectivity index (χ3n) is 3.19. The minimum absolute atomic E-state index is 0.238.